The van der Waals surface area contributed by atoms with E-state index in [1.54, 1.807) is 44.4 Å². The van der Waals surface area contributed by atoms with Gasteiger partial charge in [-0.3, -0.25) is 9.48 Å². The molecule has 1 saturated heterocycles. The van der Waals surface area contributed by atoms with E-state index in [9.17, 15) is 26.7 Å². The summed E-state index contributed by atoms with van der Waals surface area (Å²) >= 11 is 0. The maximum Gasteiger partial charge on any atom is 0.419 e. The van der Waals surface area contributed by atoms with Gasteiger partial charge in [0.2, 0.25) is 5.95 Å². The minimum atomic E-state index is -4.58. The fraction of sp³-hybridized carbons (Fsp3) is 0.391. The van der Waals surface area contributed by atoms with Crippen LogP contribution in [0.15, 0.2) is 48.9 Å². The molecule has 2 aromatic heterocycles. The van der Waals surface area contributed by atoms with Crippen LogP contribution in [0.25, 0.3) is 11.1 Å². The number of aryl methyl sites for hydroxylation is 1. The van der Waals surface area contributed by atoms with Gasteiger partial charge in [-0.25, -0.2) is 18.7 Å². The number of likely N-dealkylation sites (tertiary alicyclic amines) is 1. The van der Waals surface area contributed by atoms with E-state index < -0.39 is 48.5 Å². The smallest absolute Gasteiger partial charge is 0.352 e. The van der Waals surface area contributed by atoms with Gasteiger partial charge >= 0.3 is 6.18 Å². The van der Waals surface area contributed by atoms with Crippen molar-refractivity contribution in [3.05, 3.63) is 60.2 Å². The minimum Gasteiger partial charge on any atom is -0.352 e. The summed E-state index contributed by atoms with van der Waals surface area (Å²) in [5.74, 6) is -4.47. The molecular formula is C23H23F5N6O. The second-order valence-electron chi connectivity index (χ2n) is 8.64. The molecule has 3 heterocycles. The molecule has 0 bridgehead atoms. The van der Waals surface area contributed by atoms with Crippen LogP contribution in [0.4, 0.5) is 27.9 Å². The molecule has 0 spiro atoms. The second-order valence-corrected chi connectivity index (χ2v) is 8.64. The van der Waals surface area contributed by atoms with Crippen LogP contribution >= 0.6 is 0 Å². The van der Waals surface area contributed by atoms with Crippen LogP contribution in [0, 0.1) is 5.92 Å². The van der Waals surface area contributed by atoms with Crippen LogP contribution in [0.1, 0.15) is 29.4 Å². The maximum atomic E-state index is 14.5. The molecule has 186 valence electrons. The first kappa shape index (κ1) is 24.6. The Morgan fingerprint density at radius 3 is 2.46 bits per heavy atom. The molecule has 1 aliphatic rings. The zero-order chi connectivity index (χ0) is 25.4. The molecule has 1 aliphatic heterocycles. The summed E-state index contributed by atoms with van der Waals surface area (Å²) in [5, 5.41) is 7.03. The van der Waals surface area contributed by atoms with Gasteiger partial charge in [0.05, 0.1) is 18.2 Å². The number of alkyl halides is 5. The van der Waals surface area contributed by atoms with Crippen LogP contribution in [-0.2, 0) is 13.2 Å². The zero-order valence-corrected chi connectivity index (χ0v) is 18.9. The number of rotatable bonds is 5. The van der Waals surface area contributed by atoms with Crippen molar-refractivity contribution in [1.29, 1.82) is 0 Å². The van der Waals surface area contributed by atoms with Gasteiger partial charge in [0.15, 0.2) is 5.69 Å². The predicted molar refractivity (Wildman–Crippen MR) is 118 cm³/mol. The molecule has 12 heteroatoms. The number of nitrogens with one attached hydrogen (secondary N) is 1. The molecule has 1 N–H and O–H groups in total. The molecule has 0 radical (unpaired) electrons. The quantitative estimate of drug-likeness (QED) is 0.529. The van der Waals surface area contributed by atoms with E-state index in [4.69, 9.17) is 0 Å². The Labute approximate surface area is 198 Å². The number of anilines is 1. The highest BCUT2D eigenvalue weighted by molar-refractivity contribution is 5.99. The number of carbonyl (C=O) groups excluding carboxylic acids is 1. The van der Waals surface area contributed by atoms with Crippen molar-refractivity contribution in [2.75, 3.05) is 18.4 Å². The summed E-state index contributed by atoms with van der Waals surface area (Å²) in [4.78, 5) is 22.0. The predicted octanol–water partition coefficient (Wildman–Crippen LogP) is 4.49. The maximum absolute atomic E-state index is 14.5. The summed E-state index contributed by atoms with van der Waals surface area (Å²) in [6.45, 7) is 0.771. The number of piperidine rings is 1. The van der Waals surface area contributed by atoms with Crippen molar-refractivity contribution < 1.29 is 26.7 Å². The van der Waals surface area contributed by atoms with Gasteiger partial charge in [0, 0.05) is 44.2 Å². The topological polar surface area (TPSA) is 75.9 Å². The summed E-state index contributed by atoms with van der Waals surface area (Å²) in [6, 6.07) is 8.30. The Kier molecular flexibility index (Phi) is 6.48. The van der Waals surface area contributed by atoms with Crippen molar-refractivity contribution in [2.24, 2.45) is 13.0 Å². The van der Waals surface area contributed by atoms with Crippen molar-refractivity contribution >= 4 is 11.9 Å². The number of carbonyl (C=O) groups is 1. The molecule has 1 aromatic carbocycles. The highest BCUT2D eigenvalue weighted by Gasteiger charge is 2.47. The van der Waals surface area contributed by atoms with E-state index in [0.717, 1.165) is 4.90 Å². The number of benzene rings is 1. The van der Waals surface area contributed by atoms with Crippen molar-refractivity contribution in [1.82, 2.24) is 24.6 Å². The third-order valence-corrected chi connectivity index (χ3v) is 5.90. The number of nitrogens with zero attached hydrogens (tertiary/aromatic N) is 5. The number of aromatic nitrogens is 4. The molecule has 35 heavy (non-hydrogen) atoms. The first-order chi connectivity index (χ1) is 16.4. The van der Waals surface area contributed by atoms with Gasteiger partial charge in [-0.1, -0.05) is 37.3 Å². The molecule has 0 aliphatic carbocycles. The molecule has 1 fully saturated rings. The van der Waals surface area contributed by atoms with Gasteiger partial charge in [0.25, 0.3) is 11.8 Å². The Bertz CT molecular complexity index is 1180. The van der Waals surface area contributed by atoms with Gasteiger partial charge in [-0.05, 0) is 11.5 Å². The molecule has 1 amide bonds. The van der Waals surface area contributed by atoms with Crippen molar-refractivity contribution in [2.45, 2.75) is 31.5 Å². The standard InChI is InChI=1S/C23H23F5N6O/c1-14-8-22(24,25)13-34(18(14)11-31-21-29-9-16(10-30-21)23(26,27)28)20(35)19-17(12-33(2)32-19)15-6-4-3-5-7-15/h3-7,9-10,12,14,18H,8,11,13H2,1-2H3,(H,29,30,31)/t14-,18-/m1/s1. The molecule has 2 atom stereocenters. The molecule has 3 aromatic rings. The van der Waals surface area contributed by atoms with E-state index in [-0.39, 0.29) is 18.2 Å². The normalized spacial score (nSPS) is 20.0. The molecular weight excluding hydrogens is 471 g/mol. The van der Waals surface area contributed by atoms with E-state index in [1.165, 1.54) is 4.68 Å². The van der Waals surface area contributed by atoms with Crippen LogP contribution in [0.3, 0.4) is 0 Å². The fourth-order valence-electron chi connectivity index (χ4n) is 4.25. The highest BCUT2D eigenvalue weighted by Crippen LogP contribution is 2.36. The first-order valence-electron chi connectivity index (χ1n) is 10.9. The van der Waals surface area contributed by atoms with Crippen LogP contribution in [-0.4, -0.2) is 55.6 Å². The molecule has 4 rings (SSSR count). The number of amides is 1. The third kappa shape index (κ3) is 5.41. The third-order valence-electron chi connectivity index (χ3n) is 5.90. The lowest BCUT2D eigenvalue weighted by molar-refractivity contribution is -0.138. The first-order valence-corrected chi connectivity index (χ1v) is 10.9. The Morgan fingerprint density at radius 2 is 1.83 bits per heavy atom. The lowest BCUT2D eigenvalue weighted by Crippen LogP contribution is -2.57. The van der Waals surface area contributed by atoms with Gasteiger partial charge < -0.3 is 10.2 Å². The average molecular weight is 494 g/mol. The van der Waals surface area contributed by atoms with Gasteiger partial charge in [0.1, 0.15) is 0 Å². The largest absolute Gasteiger partial charge is 0.419 e. The zero-order valence-electron chi connectivity index (χ0n) is 18.9. The molecule has 0 unspecified atom stereocenters. The van der Waals surface area contributed by atoms with E-state index >= 15 is 0 Å². The summed E-state index contributed by atoms with van der Waals surface area (Å²) < 4.78 is 68.8. The van der Waals surface area contributed by atoms with Gasteiger partial charge in [-0.15, -0.1) is 0 Å². The fourth-order valence-corrected chi connectivity index (χ4v) is 4.25. The minimum absolute atomic E-state index is 0.0259. The SMILES string of the molecule is C[C@@H]1CC(F)(F)CN(C(=O)c2nn(C)cc2-c2ccccc2)[C@@H]1CNc1ncc(C(F)(F)F)cn1. The van der Waals surface area contributed by atoms with E-state index in [2.05, 4.69) is 20.4 Å². The summed E-state index contributed by atoms with van der Waals surface area (Å²) in [7, 11) is 1.64. The average Bonchev–Trinajstić information content (AvgIpc) is 3.19. The van der Waals surface area contributed by atoms with Crippen LogP contribution in [0.5, 0.6) is 0 Å². The Balaban J connectivity index is 1.60. The molecule has 0 saturated carbocycles. The van der Waals surface area contributed by atoms with Crippen LogP contribution < -0.4 is 5.32 Å². The Morgan fingerprint density at radius 1 is 1.17 bits per heavy atom. The molecule has 7 nitrogen and oxygen atoms in total. The lowest BCUT2D eigenvalue weighted by Gasteiger charge is -2.43. The summed E-state index contributed by atoms with van der Waals surface area (Å²) in [5.41, 5.74) is 0.263. The monoisotopic (exact) mass is 494 g/mol. The van der Waals surface area contributed by atoms with E-state index in [0.29, 0.717) is 23.5 Å². The second kappa shape index (κ2) is 9.23. The van der Waals surface area contributed by atoms with Crippen LogP contribution in [0.2, 0.25) is 0 Å². The number of hydrogen-bond donors (Lipinski definition) is 1. The highest BCUT2D eigenvalue weighted by atomic mass is 19.4. The Hall–Kier alpha value is -3.57. The number of halogens is 5. The van der Waals surface area contributed by atoms with E-state index in [1.807, 2.05) is 6.07 Å². The lowest BCUT2D eigenvalue weighted by atomic mass is 9.88. The number of hydrogen-bond acceptors (Lipinski definition) is 5. The van der Waals surface area contributed by atoms with Gasteiger partial charge in [-0.2, -0.15) is 18.3 Å². The van der Waals surface area contributed by atoms with Crippen molar-refractivity contribution in [3.63, 3.8) is 0 Å². The van der Waals surface area contributed by atoms with Crippen molar-refractivity contribution in [3.8, 4) is 11.1 Å². The summed E-state index contributed by atoms with van der Waals surface area (Å²) in [6.07, 6.45) is -2.10.